The minimum Gasteiger partial charge on any atom is -0.478 e. The van der Waals surface area contributed by atoms with Crippen molar-refractivity contribution >= 4 is 17.6 Å². The van der Waals surface area contributed by atoms with Crippen LogP contribution >= 0.6 is 0 Å². The van der Waals surface area contributed by atoms with Crippen LogP contribution in [0.15, 0.2) is 60.7 Å². The van der Waals surface area contributed by atoms with Gasteiger partial charge in [-0.2, -0.15) is 0 Å². The van der Waals surface area contributed by atoms with Crippen molar-refractivity contribution in [1.29, 1.82) is 0 Å². The highest BCUT2D eigenvalue weighted by Crippen LogP contribution is 2.36. The van der Waals surface area contributed by atoms with Crippen LogP contribution < -0.4 is 14.4 Å². The largest absolute Gasteiger partial charge is 0.478 e. The fourth-order valence-corrected chi connectivity index (χ4v) is 4.36. The van der Waals surface area contributed by atoms with E-state index in [0.29, 0.717) is 30.9 Å². The maximum atomic E-state index is 9.55. The summed E-state index contributed by atoms with van der Waals surface area (Å²) in [5.74, 6) is -0.299. The molecule has 1 saturated heterocycles. The van der Waals surface area contributed by atoms with E-state index in [2.05, 4.69) is 66.1 Å². The minimum atomic E-state index is -1.26. The third-order valence-electron chi connectivity index (χ3n) is 6.16. The fourth-order valence-electron chi connectivity index (χ4n) is 4.36. The summed E-state index contributed by atoms with van der Waals surface area (Å²) in [7, 11) is 0. The number of anilines is 1. The van der Waals surface area contributed by atoms with Crippen molar-refractivity contribution in [3.05, 3.63) is 66.2 Å². The van der Waals surface area contributed by atoms with Gasteiger partial charge < -0.3 is 29.3 Å². The topological polar surface area (TPSA) is 109 Å². The molecule has 1 fully saturated rings. The zero-order chi connectivity index (χ0) is 27.3. The molecule has 0 saturated carbocycles. The molecule has 2 aromatic carbocycles. The standard InChI is InChI=1S/C25H34N2O3.C4H4O4/c1-20(2)17-28-18-23(26-12-6-7-13-26)16-27(15-21-8-4-3-5-9-21)22-10-11-24-25(14-22)30-19-29-24;5-3(6)1-2-4(7)8/h3-5,8-11,14,20,23H,6-7,12-13,15-19H2,1-2H3;1-2H,(H,5,6)(H,7,8)/b;2-1+. The van der Waals surface area contributed by atoms with E-state index < -0.39 is 11.9 Å². The summed E-state index contributed by atoms with van der Waals surface area (Å²) in [5.41, 5.74) is 2.47. The number of likely N-dealkylation sites (tertiary alicyclic amines) is 1. The lowest BCUT2D eigenvalue weighted by Gasteiger charge is -2.34. The quantitative estimate of drug-likeness (QED) is 0.392. The molecule has 2 aliphatic heterocycles. The molecule has 206 valence electrons. The lowest BCUT2D eigenvalue weighted by atomic mass is 10.1. The van der Waals surface area contributed by atoms with Crippen LogP contribution in [-0.2, 0) is 20.9 Å². The summed E-state index contributed by atoms with van der Waals surface area (Å²) in [6, 6.07) is 17.3. The third kappa shape index (κ3) is 9.72. The second-order valence-corrected chi connectivity index (χ2v) is 9.74. The van der Waals surface area contributed by atoms with Crippen molar-refractivity contribution in [2.75, 3.05) is 44.5 Å². The molecule has 2 heterocycles. The Morgan fingerprint density at radius 3 is 2.26 bits per heavy atom. The molecule has 1 unspecified atom stereocenters. The number of aliphatic carboxylic acids is 2. The maximum absolute atomic E-state index is 9.55. The average Bonchev–Trinajstić information content (AvgIpc) is 3.59. The van der Waals surface area contributed by atoms with Crippen LogP contribution in [0.4, 0.5) is 5.69 Å². The van der Waals surface area contributed by atoms with Crippen LogP contribution in [0, 0.1) is 5.92 Å². The van der Waals surface area contributed by atoms with Crippen molar-refractivity contribution in [2.45, 2.75) is 39.3 Å². The number of benzene rings is 2. The van der Waals surface area contributed by atoms with E-state index in [1.807, 2.05) is 6.07 Å². The molecular formula is C29H38N2O7. The van der Waals surface area contributed by atoms with Crippen LogP contribution in [0.2, 0.25) is 0 Å². The number of fused-ring (bicyclic) bond motifs is 1. The molecule has 0 radical (unpaired) electrons. The second kappa shape index (κ2) is 15.0. The first-order chi connectivity index (χ1) is 18.3. The van der Waals surface area contributed by atoms with Crippen LogP contribution in [0.3, 0.4) is 0 Å². The van der Waals surface area contributed by atoms with Gasteiger partial charge in [0.25, 0.3) is 0 Å². The maximum Gasteiger partial charge on any atom is 0.328 e. The Kier molecular flexibility index (Phi) is 11.4. The first kappa shape index (κ1) is 29.0. The Labute approximate surface area is 224 Å². The fraction of sp³-hybridized carbons (Fsp3) is 0.448. The van der Waals surface area contributed by atoms with Crippen molar-refractivity contribution in [2.24, 2.45) is 5.92 Å². The number of hydrogen-bond acceptors (Lipinski definition) is 7. The average molecular weight is 527 g/mol. The van der Waals surface area contributed by atoms with Crippen molar-refractivity contribution in [3.8, 4) is 11.5 Å². The van der Waals surface area contributed by atoms with Gasteiger partial charge in [-0.05, 0) is 49.5 Å². The summed E-state index contributed by atoms with van der Waals surface area (Å²) in [6.07, 6.45) is 3.68. The van der Waals surface area contributed by atoms with E-state index in [1.54, 1.807) is 0 Å². The van der Waals surface area contributed by atoms with Gasteiger partial charge in [0, 0.05) is 43.6 Å². The van der Waals surface area contributed by atoms with E-state index in [1.165, 1.54) is 18.4 Å². The number of ether oxygens (including phenoxy) is 3. The van der Waals surface area contributed by atoms with Gasteiger partial charge in [-0.15, -0.1) is 0 Å². The highest BCUT2D eigenvalue weighted by Gasteiger charge is 2.26. The first-order valence-electron chi connectivity index (χ1n) is 13.0. The Bertz CT molecular complexity index is 1040. The molecule has 1 atom stereocenters. The summed E-state index contributed by atoms with van der Waals surface area (Å²) in [6.45, 7) is 10.4. The zero-order valence-corrected chi connectivity index (χ0v) is 22.1. The molecule has 9 nitrogen and oxygen atoms in total. The number of carboxylic acids is 2. The number of rotatable bonds is 12. The molecule has 4 rings (SSSR count). The van der Waals surface area contributed by atoms with Gasteiger partial charge in [-0.3, -0.25) is 4.90 Å². The predicted molar refractivity (Wildman–Crippen MR) is 145 cm³/mol. The summed E-state index contributed by atoms with van der Waals surface area (Å²) >= 11 is 0. The Morgan fingerprint density at radius 2 is 1.63 bits per heavy atom. The Hall–Kier alpha value is -3.56. The van der Waals surface area contributed by atoms with Gasteiger partial charge in [-0.1, -0.05) is 44.2 Å². The lowest BCUT2D eigenvalue weighted by molar-refractivity contribution is -0.134. The molecule has 0 amide bonds. The van der Waals surface area contributed by atoms with E-state index in [-0.39, 0.29) is 0 Å². The summed E-state index contributed by atoms with van der Waals surface area (Å²) in [5, 5.41) is 15.6. The van der Waals surface area contributed by atoms with Crippen molar-refractivity contribution in [3.63, 3.8) is 0 Å². The predicted octanol–water partition coefficient (Wildman–Crippen LogP) is 4.27. The first-order valence-corrected chi connectivity index (χ1v) is 13.0. The number of hydrogen-bond donors (Lipinski definition) is 2. The summed E-state index contributed by atoms with van der Waals surface area (Å²) in [4.78, 5) is 24.2. The summed E-state index contributed by atoms with van der Waals surface area (Å²) < 4.78 is 17.3. The van der Waals surface area contributed by atoms with E-state index in [9.17, 15) is 9.59 Å². The SMILES string of the molecule is CC(C)COCC(CN(Cc1ccccc1)c1ccc2c(c1)OCO2)N1CCCC1.O=C(O)/C=C/C(=O)O. The Morgan fingerprint density at radius 1 is 0.974 bits per heavy atom. The minimum absolute atomic E-state index is 0.302. The van der Waals surface area contributed by atoms with Crippen LogP contribution in [0.1, 0.15) is 32.3 Å². The molecule has 0 spiro atoms. The highest BCUT2D eigenvalue weighted by molar-refractivity contribution is 5.89. The lowest BCUT2D eigenvalue weighted by Crippen LogP contribution is -2.45. The monoisotopic (exact) mass is 526 g/mol. The van der Waals surface area contributed by atoms with E-state index in [4.69, 9.17) is 24.4 Å². The van der Waals surface area contributed by atoms with Crippen molar-refractivity contribution < 1.29 is 34.0 Å². The number of carboxylic acid groups (broad SMARTS) is 2. The molecule has 0 aliphatic carbocycles. The highest BCUT2D eigenvalue weighted by atomic mass is 16.7. The van der Waals surface area contributed by atoms with Crippen LogP contribution in [0.5, 0.6) is 11.5 Å². The Balaban J connectivity index is 0.000000436. The molecule has 0 bridgehead atoms. The van der Waals surface area contributed by atoms with Crippen LogP contribution in [0.25, 0.3) is 0 Å². The molecule has 2 aromatic rings. The van der Waals surface area contributed by atoms with Gasteiger partial charge in [0.15, 0.2) is 11.5 Å². The molecule has 38 heavy (non-hydrogen) atoms. The van der Waals surface area contributed by atoms with Gasteiger partial charge >= 0.3 is 11.9 Å². The molecule has 9 heteroatoms. The normalized spacial score (nSPS) is 15.3. The molecular weight excluding hydrogens is 488 g/mol. The van der Waals surface area contributed by atoms with Crippen molar-refractivity contribution in [1.82, 2.24) is 4.90 Å². The van der Waals surface area contributed by atoms with E-state index in [0.717, 1.165) is 56.6 Å². The third-order valence-corrected chi connectivity index (χ3v) is 6.16. The van der Waals surface area contributed by atoms with Gasteiger partial charge in [0.05, 0.1) is 12.6 Å². The molecule has 0 aromatic heterocycles. The molecule has 2 N–H and O–H groups in total. The van der Waals surface area contributed by atoms with Gasteiger partial charge in [0.2, 0.25) is 6.79 Å². The van der Waals surface area contributed by atoms with E-state index >= 15 is 0 Å². The zero-order valence-electron chi connectivity index (χ0n) is 22.1. The number of nitrogens with zero attached hydrogens (tertiary/aromatic N) is 2. The smallest absolute Gasteiger partial charge is 0.328 e. The van der Waals surface area contributed by atoms with Gasteiger partial charge in [0.1, 0.15) is 0 Å². The molecule has 2 aliphatic rings. The van der Waals surface area contributed by atoms with Crippen LogP contribution in [-0.4, -0.2) is 72.7 Å². The number of carbonyl (C=O) groups is 2. The second-order valence-electron chi connectivity index (χ2n) is 9.74. The van der Waals surface area contributed by atoms with Gasteiger partial charge in [-0.25, -0.2) is 9.59 Å².